The van der Waals surface area contributed by atoms with E-state index in [2.05, 4.69) is 36.0 Å². The van der Waals surface area contributed by atoms with Gasteiger partial charge in [0.25, 0.3) is 0 Å². The van der Waals surface area contributed by atoms with E-state index in [0.717, 1.165) is 15.7 Å². The summed E-state index contributed by atoms with van der Waals surface area (Å²) in [6, 6.07) is 6.83. The van der Waals surface area contributed by atoms with Crippen LogP contribution in [0.4, 0.5) is 4.79 Å². The van der Waals surface area contributed by atoms with Gasteiger partial charge < -0.3 is 24.7 Å². The molecule has 8 nitrogen and oxygen atoms in total. The Morgan fingerprint density at radius 3 is 2.72 bits per heavy atom. The average Bonchev–Trinajstić information content (AvgIpc) is 3.21. The van der Waals surface area contributed by atoms with Gasteiger partial charge in [-0.05, 0) is 23.6 Å². The third-order valence-electron chi connectivity index (χ3n) is 4.87. The quantitative estimate of drug-likeness (QED) is 0.708. The molecule has 0 unspecified atom stereocenters. The monoisotopic (exact) mass is 464 g/mol. The van der Waals surface area contributed by atoms with Crippen molar-refractivity contribution in [1.82, 2.24) is 20.2 Å². The summed E-state index contributed by atoms with van der Waals surface area (Å²) < 4.78 is 11.3. The van der Waals surface area contributed by atoms with Gasteiger partial charge in [0, 0.05) is 11.0 Å². The van der Waals surface area contributed by atoms with Crippen molar-refractivity contribution in [1.29, 1.82) is 0 Å². The largest absolute Gasteiger partial charge is 0.453 e. The molecule has 1 saturated heterocycles. The first-order chi connectivity index (χ1) is 13.9. The fourth-order valence-electron chi connectivity index (χ4n) is 3.25. The van der Waals surface area contributed by atoms with Crippen LogP contribution in [0.3, 0.4) is 0 Å². The molecule has 3 rings (SSSR count). The van der Waals surface area contributed by atoms with Gasteiger partial charge in [-0.1, -0.05) is 41.9 Å². The Morgan fingerprint density at radius 2 is 2.07 bits per heavy atom. The predicted molar refractivity (Wildman–Crippen MR) is 111 cm³/mol. The number of rotatable bonds is 5. The number of H-pyrrole nitrogens is 1. The number of amides is 2. The van der Waals surface area contributed by atoms with E-state index in [9.17, 15) is 9.59 Å². The Balaban J connectivity index is 1.83. The number of ether oxygens (including phenoxy) is 2. The second-order valence-corrected chi connectivity index (χ2v) is 8.08. The van der Waals surface area contributed by atoms with Crippen LogP contribution in [0.5, 0.6) is 0 Å². The molecule has 1 aromatic carbocycles. The van der Waals surface area contributed by atoms with Crippen molar-refractivity contribution in [3.05, 3.63) is 40.8 Å². The van der Waals surface area contributed by atoms with Gasteiger partial charge in [-0.3, -0.25) is 4.79 Å². The highest BCUT2D eigenvalue weighted by molar-refractivity contribution is 9.10. The summed E-state index contributed by atoms with van der Waals surface area (Å²) in [5.74, 6) is 0.372. The van der Waals surface area contributed by atoms with E-state index in [1.165, 1.54) is 7.11 Å². The number of hydrogen-bond donors (Lipinski definition) is 2. The number of methoxy groups -OCH3 is 1. The van der Waals surface area contributed by atoms with E-state index >= 15 is 0 Å². The first-order valence-electron chi connectivity index (χ1n) is 9.44. The number of nitrogens with one attached hydrogen (secondary N) is 2. The lowest BCUT2D eigenvalue weighted by Gasteiger charge is -2.37. The number of alkyl carbamates (subject to hydrolysis) is 1. The third kappa shape index (κ3) is 4.97. The Hall–Kier alpha value is -2.39. The number of aromatic nitrogens is 2. The van der Waals surface area contributed by atoms with E-state index in [-0.39, 0.29) is 17.9 Å². The topological polar surface area (TPSA) is 96.6 Å². The minimum Gasteiger partial charge on any atom is -0.453 e. The second-order valence-electron chi connectivity index (χ2n) is 7.17. The number of imidazole rings is 1. The maximum absolute atomic E-state index is 13.2. The smallest absolute Gasteiger partial charge is 0.407 e. The number of carbonyl (C=O) groups is 2. The van der Waals surface area contributed by atoms with E-state index in [0.29, 0.717) is 25.6 Å². The zero-order valence-electron chi connectivity index (χ0n) is 16.6. The number of hydrogen-bond acceptors (Lipinski definition) is 5. The molecule has 1 aliphatic heterocycles. The molecule has 9 heteroatoms. The van der Waals surface area contributed by atoms with Crippen molar-refractivity contribution in [2.24, 2.45) is 5.92 Å². The minimum atomic E-state index is -0.691. The molecule has 2 amide bonds. The zero-order valence-corrected chi connectivity index (χ0v) is 18.2. The van der Waals surface area contributed by atoms with Crippen molar-refractivity contribution in [2.45, 2.75) is 25.9 Å². The maximum atomic E-state index is 13.2. The van der Waals surface area contributed by atoms with Crippen molar-refractivity contribution in [3.8, 4) is 11.3 Å². The van der Waals surface area contributed by atoms with Gasteiger partial charge in [-0.25, -0.2) is 9.78 Å². The second kappa shape index (κ2) is 9.41. The van der Waals surface area contributed by atoms with Crippen LogP contribution in [0.15, 0.2) is 34.9 Å². The molecule has 156 valence electrons. The summed E-state index contributed by atoms with van der Waals surface area (Å²) in [7, 11) is 1.28. The molecule has 0 bridgehead atoms. The molecule has 0 spiro atoms. The van der Waals surface area contributed by atoms with Crippen LogP contribution in [-0.2, 0) is 14.3 Å². The Bertz CT molecular complexity index is 852. The average molecular weight is 465 g/mol. The Kier molecular flexibility index (Phi) is 6.92. The number of carbonyl (C=O) groups excluding carboxylic acids is 2. The van der Waals surface area contributed by atoms with E-state index < -0.39 is 12.1 Å². The fraction of sp³-hybridized carbons (Fsp3) is 0.450. The molecular formula is C20H25BrN4O4. The third-order valence-corrected chi connectivity index (χ3v) is 5.40. The SMILES string of the molecule is COC(=O)N[C@H](C(=O)N1CCOC[C@H]1c1ncc(-c2ccc(Br)cc2)[nH]1)C(C)C. The molecule has 0 aliphatic carbocycles. The van der Waals surface area contributed by atoms with Gasteiger partial charge in [-0.2, -0.15) is 0 Å². The first-order valence-corrected chi connectivity index (χ1v) is 10.2. The summed E-state index contributed by atoms with van der Waals surface area (Å²) in [5.41, 5.74) is 1.85. The van der Waals surface area contributed by atoms with Crippen LogP contribution in [0.2, 0.25) is 0 Å². The van der Waals surface area contributed by atoms with Gasteiger partial charge in [0.05, 0.1) is 32.2 Å². The molecule has 0 radical (unpaired) electrons. The summed E-state index contributed by atoms with van der Waals surface area (Å²) in [6.07, 6.45) is 1.13. The lowest BCUT2D eigenvalue weighted by molar-refractivity contribution is -0.143. The normalized spacial score (nSPS) is 17.8. The molecule has 1 fully saturated rings. The summed E-state index contributed by atoms with van der Waals surface area (Å²) in [4.78, 5) is 34.5. The molecular weight excluding hydrogens is 440 g/mol. The van der Waals surface area contributed by atoms with E-state index in [1.54, 1.807) is 11.1 Å². The summed E-state index contributed by atoms with van der Waals surface area (Å²) in [5, 5.41) is 2.64. The van der Waals surface area contributed by atoms with Gasteiger partial charge in [0.15, 0.2) is 0 Å². The highest BCUT2D eigenvalue weighted by Crippen LogP contribution is 2.27. The number of halogens is 1. The standard InChI is InChI=1S/C20H25BrN4O4/c1-12(2)17(24-20(27)28-3)19(26)25-8-9-29-11-16(25)18-22-10-15(23-18)13-4-6-14(21)7-5-13/h4-7,10,12,16-17H,8-9,11H2,1-3H3,(H,22,23)(H,24,27)/t16-,17-/m0/s1. The molecule has 2 atom stereocenters. The Morgan fingerprint density at radius 1 is 1.34 bits per heavy atom. The fourth-order valence-corrected chi connectivity index (χ4v) is 3.52. The summed E-state index contributed by atoms with van der Waals surface area (Å²) >= 11 is 3.43. The van der Waals surface area contributed by atoms with Gasteiger partial charge >= 0.3 is 6.09 Å². The number of morpholine rings is 1. The molecule has 0 saturated carbocycles. The molecule has 2 N–H and O–H groups in total. The lowest BCUT2D eigenvalue weighted by Crippen LogP contribution is -2.54. The highest BCUT2D eigenvalue weighted by Gasteiger charge is 2.36. The van der Waals surface area contributed by atoms with Crippen LogP contribution in [0, 0.1) is 5.92 Å². The van der Waals surface area contributed by atoms with Crippen LogP contribution < -0.4 is 5.32 Å². The van der Waals surface area contributed by atoms with E-state index in [4.69, 9.17) is 4.74 Å². The predicted octanol–water partition coefficient (Wildman–Crippen LogP) is 3.12. The number of aromatic amines is 1. The van der Waals surface area contributed by atoms with E-state index in [1.807, 2.05) is 38.1 Å². The van der Waals surface area contributed by atoms with Crippen molar-refractivity contribution < 1.29 is 19.1 Å². The molecule has 1 aromatic heterocycles. The van der Waals surface area contributed by atoms with Gasteiger partial charge in [0.2, 0.25) is 5.91 Å². The van der Waals surface area contributed by atoms with Crippen LogP contribution in [-0.4, -0.2) is 59.8 Å². The highest BCUT2D eigenvalue weighted by atomic mass is 79.9. The van der Waals surface area contributed by atoms with Crippen LogP contribution in [0.25, 0.3) is 11.3 Å². The lowest BCUT2D eigenvalue weighted by atomic mass is 10.0. The maximum Gasteiger partial charge on any atom is 0.407 e. The molecule has 1 aliphatic rings. The number of nitrogens with zero attached hydrogens (tertiary/aromatic N) is 2. The van der Waals surface area contributed by atoms with Crippen LogP contribution >= 0.6 is 15.9 Å². The van der Waals surface area contributed by atoms with Crippen LogP contribution in [0.1, 0.15) is 25.7 Å². The number of benzene rings is 1. The van der Waals surface area contributed by atoms with Crippen molar-refractivity contribution in [3.63, 3.8) is 0 Å². The van der Waals surface area contributed by atoms with Gasteiger partial charge in [-0.15, -0.1) is 0 Å². The Labute approximate surface area is 178 Å². The molecule has 2 heterocycles. The summed E-state index contributed by atoms with van der Waals surface area (Å²) in [6.45, 7) is 4.95. The zero-order chi connectivity index (χ0) is 21.0. The first kappa shape index (κ1) is 21.3. The van der Waals surface area contributed by atoms with Crippen molar-refractivity contribution in [2.75, 3.05) is 26.9 Å². The van der Waals surface area contributed by atoms with Gasteiger partial charge in [0.1, 0.15) is 17.9 Å². The minimum absolute atomic E-state index is 0.0972. The van der Waals surface area contributed by atoms with Crippen molar-refractivity contribution >= 4 is 27.9 Å². The molecule has 29 heavy (non-hydrogen) atoms. The molecule has 2 aromatic rings.